The van der Waals surface area contributed by atoms with Gasteiger partial charge in [-0.1, -0.05) is 309 Å². The van der Waals surface area contributed by atoms with Crippen LogP contribution in [0.4, 0.5) is 34.1 Å². The molecule has 0 N–H and O–H groups in total. The molecule has 16 aromatic carbocycles. The number of hydrogen-bond donors (Lipinski definition) is 0. The molecule has 0 amide bonds. The minimum atomic E-state index is -0.676. The fourth-order valence-corrected chi connectivity index (χ4v) is 17.3. The van der Waals surface area contributed by atoms with E-state index in [1.807, 2.05) is 30.3 Å². The smallest absolute Gasteiger partial charge is 0.252 e. The number of hydrogen-bond acceptors (Lipinski definition) is 3. The summed E-state index contributed by atoms with van der Waals surface area (Å²) in [6.45, 7) is -0.543. The molecular weight excluding hydrogens is 1230 g/mol. The number of aromatic nitrogens is 1. The lowest BCUT2D eigenvalue weighted by Gasteiger charge is -2.45. The Hall–Kier alpha value is -13.2. The number of para-hydroxylation sites is 5. The standard InChI is InChI=1S/C97H62BN3O/c1-6-28-63(29-7-1)72-38-17-22-48-85(72)100-89-62-71(99-86-49-23-18-39-76(86)77-40-19-24-50-87(77)99)54-55-83(89)98-84-59-67(73-43-27-47-82-94(73)79-42-16-21-46-81(79)97(82,69-34-12-4-13-35-69)70-36-14-5-15-37-70)52-56-88(84)101(96-74(64-30-8-2-9-31-64)44-26-45-75(96)65-32-10-3-11-33-65)91-61-68(60-90(100)95(91)98)66-53-57-93-80(58-66)78-41-20-25-51-92(78)102-93/h1-62H/i18D,19D,23D,24D,39D,40D,49D,50D. The Morgan fingerprint density at radius 1 is 0.304 bits per heavy atom. The molecular formula is C97H62BN3O. The van der Waals surface area contributed by atoms with Crippen LogP contribution in [0.1, 0.15) is 33.2 Å². The van der Waals surface area contributed by atoms with Crippen LogP contribution in [0.3, 0.4) is 0 Å². The molecule has 1 aliphatic carbocycles. The lowest BCUT2D eigenvalue weighted by Crippen LogP contribution is -2.61. The van der Waals surface area contributed by atoms with Gasteiger partial charge >= 0.3 is 0 Å². The van der Waals surface area contributed by atoms with E-state index >= 15 is 0 Å². The minimum absolute atomic E-state index is 0.00304. The molecule has 4 nitrogen and oxygen atoms in total. The Kier molecular flexibility index (Phi) is 11.3. The number of benzene rings is 16. The average molecular weight is 1300 g/mol. The Balaban J connectivity index is 0.926. The molecule has 0 saturated heterocycles. The van der Waals surface area contributed by atoms with E-state index in [2.05, 4.69) is 307 Å². The SMILES string of the molecule is [2H]c1c([2H])c([2H])c2c(c1[2H])c1c([2H])c([2H])c([2H])c([2H])c1n2-c1ccc2c(c1)N(c1ccccc1-c1ccccc1)c1cc(-c3ccc4oc5ccccc5c4c3)cc3c1B2c1cc(-c2cccc4c2-c2ccccc2C4(c2ccccc2)c2ccccc2)ccc1N3c1c(-c2ccccc2)cccc1-c1ccccc1. The Labute approximate surface area is 603 Å². The fourth-order valence-electron chi connectivity index (χ4n) is 17.3. The second kappa shape index (κ2) is 22.9. The van der Waals surface area contributed by atoms with Crippen LogP contribution in [-0.4, -0.2) is 11.3 Å². The van der Waals surface area contributed by atoms with Crippen molar-refractivity contribution in [3.05, 3.63) is 398 Å². The summed E-state index contributed by atoms with van der Waals surface area (Å²) in [7, 11) is 0. The van der Waals surface area contributed by atoms with Crippen molar-refractivity contribution < 1.29 is 15.4 Å². The summed E-state index contributed by atoms with van der Waals surface area (Å²) >= 11 is 0. The van der Waals surface area contributed by atoms with Gasteiger partial charge in [-0.25, -0.2) is 0 Å². The van der Waals surface area contributed by atoms with Crippen LogP contribution < -0.4 is 26.2 Å². The average Bonchev–Trinajstić information content (AvgIpc) is 0.807. The van der Waals surface area contributed by atoms with Gasteiger partial charge in [0.15, 0.2) is 0 Å². The highest BCUT2D eigenvalue weighted by atomic mass is 16.3. The van der Waals surface area contributed by atoms with Gasteiger partial charge in [-0.2, -0.15) is 0 Å². The van der Waals surface area contributed by atoms with Crippen molar-refractivity contribution in [3.63, 3.8) is 0 Å². The second-order valence-corrected chi connectivity index (χ2v) is 26.7. The highest BCUT2D eigenvalue weighted by Crippen LogP contribution is 2.59. The first kappa shape index (κ1) is 50.2. The van der Waals surface area contributed by atoms with Crippen LogP contribution in [0.2, 0.25) is 0 Å². The summed E-state index contributed by atoms with van der Waals surface area (Å²) in [5.74, 6) is 0. The molecule has 21 rings (SSSR count). The maximum atomic E-state index is 9.81. The normalized spacial score (nSPS) is 14.2. The molecule has 102 heavy (non-hydrogen) atoms. The summed E-state index contributed by atoms with van der Waals surface area (Å²) in [5.41, 5.74) is 26.7. The topological polar surface area (TPSA) is 24.6 Å². The van der Waals surface area contributed by atoms with Gasteiger partial charge < -0.3 is 18.8 Å². The van der Waals surface area contributed by atoms with E-state index in [4.69, 9.17) is 7.16 Å². The maximum Gasteiger partial charge on any atom is 0.252 e. The lowest BCUT2D eigenvalue weighted by atomic mass is 9.33. The Morgan fingerprint density at radius 3 is 1.52 bits per heavy atom. The zero-order valence-corrected chi connectivity index (χ0v) is 55.0. The van der Waals surface area contributed by atoms with Crippen LogP contribution in [0, 0.1) is 0 Å². The van der Waals surface area contributed by atoms with E-state index in [9.17, 15) is 8.22 Å². The summed E-state index contributed by atoms with van der Waals surface area (Å²) in [4.78, 5) is 4.90. The highest BCUT2D eigenvalue weighted by molar-refractivity contribution is 7.00. The third-order valence-corrected chi connectivity index (χ3v) is 21.5. The van der Waals surface area contributed by atoms with E-state index in [1.54, 1.807) is 4.57 Å². The molecule has 0 saturated carbocycles. The molecule has 4 heterocycles. The maximum absolute atomic E-state index is 9.81. The lowest BCUT2D eigenvalue weighted by molar-refractivity contribution is 0.669. The number of fused-ring (bicyclic) bond motifs is 13. The summed E-state index contributed by atoms with van der Waals surface area (Å²) < 4.78 is 83.5. The Morgan fingerprint density at radius 2 is 0.833 bits per heavy atom. The number of nitrogens with zero attached hydrogens (tertiary/aromatic N) is 3. The molecule has 0 atom stereocenters. The van der Waals surface area contributed by atoms with E-state index in [1.165, 1.54) is 22.3 Å². The first-order valence-corrected chi connectivity index (χ1v) is 34.7. The molecule has 18 aromatic rings. The summed E-state index contributed by atoms with van der Waals surface area (Å²) in [6.07, 6.45) is 0. The molecule has 0 radical (unpaired) electrons. The van der Waals surface area contributed by atoms with Gasteiger partial charge in [0.05, 0.1) is 38.8 Å². The van der Waals surface area contributed by atoms with Gasteiger partial charge in [-0.15, -0.1) is 0 Å². The first-order chi connectivity index (χ1) is 54.0. The van der Waals surface area contributed by atoms with Crippen molar-refractivity contribution in [2.45, 2.75) is 5.41 Å². The zero-order chi connectivity index (χ0) is 73.9. The molecule has 0 bridgehead atoms. The largest absolute Gasteiger partial charge is 0.456 e. The monoisotopic (exact) mass is 1300 g/mol. The molecule has 2 aliphatic heterocycles. The van der Waals surface area contributed by atoms with E-state index in [0.29, 0.717) is 5.69 Å². The Bertz CT molecular complexity index is 6740. The molecule has 2 aromatic heterocycles. The van der Waals surface area contributed by atoms with Crippen LogP contribution in [0.15, 0.2) is 380 Å². The van der Waals surface area contributed by atoms with Crippen molar-refractivity contribution in [2.24, 2.45) is 0 Å². The third kappa shape index (κ3) is 8.58. The van der Waals surface area contributed by atoms with Crippen molar-refractivity contribution in [1.29, 1.82) is 0 Å². The predicted molar refractivity (Wildman–Crippen MR) is 427 cm³/mol. The van der Waals surface area contributed by atoms with Crippen LogP contribution in [0.25, 0.3) is 116 Å². The zero-order valence-electron chi connectivity index (χ0n) is 63.0. The van der Waals surface area contributed by atoms with Gasteiger partial charge in [0.1, 0.15) is 11.2 Å². The summed E-state index contributed by atoms with van der Waals surface area (Å²) in [6, 6.07) is 114. The van der Waals surface area contributed by atoms with Crippen LogP contribution in [0.5, 0.6) is 0 Å². The molecule has 0 unspecified atom stereocenters. The first-order valence-electron chi connectivity index (χ1n) is 38.7. The van der Waals surface area contributed by atoms with Crippen molar-refractivity contribution in [3.8, 4) is 72.4 Å². The minimum Gasteiger partial charge on any atom is -0.456 e. The molecule has 5 heteroatoms. The molecule has 3 aliphatic rings. The van der Waals surface area contributed by atoms with Gasteiger partial charge in [0.25, 0.3) is 6.71 Å². The number of rotatable bonds is 10. The van der Waals surface area contributed by atoms with Gasteiger partial charge in [0, 0.05) is 66.7 Å². The molecule has 474 valence electrons. The molecule has 0 fully saturated rings. The van der Waals surface area contributed by atoms with Crippen LogP contribution >= 0.6 is 0 Å². The van der Waals surface area contributed by atoms with Gasteiger partial charge in [-0.05, 0) is 155 Å². The van der Waals surface area contributed by atoms with E-state index in [-0.39, 0.29) is 33.9 Å². The van der Waals surface area contributed by atoms with Crippen LogP contribution in [-0.2, 0) is 5.41 Å². The van der Waals surface area contributed by atoms with Crippen molar-refractivity contribution in [1.82, 2.24) is 4.57 Å². The fraction of sp³-hybridized carbons (Fsp3) is 0.0103. The van der Waals surface area contributed by atoms with E-state index < -0.39 is 48.4 Å². The number of anilines is 6. The second-order valence-electron chi connectivity index (χ2n) is 26.7. The predicted octanol–water partition coefficient (Wildman–Crippen LogP) is 23.5. The number of furan rings is 1. The highest BCUT2D eigenvalue weighted by Gasteiger charge is 2.49. The van der Waals surface area contributed by atoms with E-state index in [0.717, 1.165) is 139 Å². The third-order valence-electron chi connectivity index (χ3n) is 21.5. The molecule has 0 spiro atoms. The van der Waals surface area contributed by atoms with Gasteiger partial charge in [-0.3, -0.25) is 0 Å². The van der Waals surface area contributed by atoms with Crippen molar-refractivity contribution >= 4 is 101 Å². The quantitative estimate of drug-likeness (QED) is 0.128. The summed E-state index contributed by atoms with van der Waals surface area (Å²) in [5, 5.41) is 1.98. The van der Waals surface area contributed by atoms with Crippen molar-refractivity contribution in [2.75, 3.05) is 9.80 Å². The van der Waals surface area contributed by atoms with Gasteiger partial charge in [0.2, 0.25) is 0 Å².